The van der Waals surface area contributed by atoms with Crippen molar-refractivity contribution in [3.63, 3.8) is 0 Å². The van der Waals surface area contributed by atoms with Crippen LogP contribution in [-0.2, 0) is 0 Å². The molecule has 0 aliphatic carbocycles. The molecule has 0 aromatic heterocycles. The van der Waals surface area contributed by atoms with Gasteiger partial charge in [0.2, 0.25) is 0 Å². The van der Waals surface area contributed by atoms with E-state index in [4.69, 9.17) is 0 Å². The van der Waals surface area contributed by atoms with Crippen LogP contribution in [0.5, 0.6) is 0 Å². The minimum atomic E-state index is 0.242. The predicted octanol–water partition coefficient (Wildman–Crippen LogP) is 4.00. The zero-order chi connectivity index (χ0) is 14.5. The molecule has 1 saturated heterocycles. The Hall–Kier alpha value is 0.0499. The maximum atomic E-state index is 2.72. The van der Waals surface area contributed by atoms with Gasteiger partial charge in [-0.05, 0) is 64.3 Å². The molecule has 18 heavy (non-hydrogen) atoms. The molecule has 0 aromatic carbocycles. The quantitative estimate of drug-likeness (QED) is 0.683. The molecule has 1 aliphatic heterocycles. The predicted molar refractivity (Wildman–Crippen MR) is 84.9 cm³/mol. The molecule has 0 unspecified atom stereocenters. The van der Waals surface area contributed by atoms with Gasteiger partial charge in [0.15, 0.2) is 0 Å². The van der Waals surface area contributed by atoms with E-state index in [0.717, 1.165) is 0 Å². The second-order valence-electron chi connectivity index (χ2n) is 8.47. The van der Waals surface area contributed by atoms with E-state index in [9.17, 15) is 0 Å². The van der Waals surface area contributed by atoms with Crippen molar-refractivity contribution in [3.8, 4) is 0 Å². The standard InChI is InChI=1S/C14H32B2N2/c1-11(2)15-17(13(5,6)7)16(12(3)4)18(15)14(8,9)10/h11-12H,1-10H3. The Morgan fingerprint density at radius 1 is 0.611 bits per heavy atom. The Morgan fingerprint density at radius 2 is 0.833 bits per heavy atom. The van der Waals surface area contributed by atoms with Gasteiger partial charge in [-0.15, -0.1) is 0 Å². The molecule has 1 fully saturated rings. The summed E-state index contributed by atoms with van der Waals surface area (Å²) in [7, 11) is 0. The third-order valence-electron chi connectivity index (χ3n) is 3.88. The summed E-state index contributed by atoms with van der Waals surface area (Å²) in [6, 6.07) is 0. The highest BCUT2D eigenvalue weighted by atomic mass is 15.4. The Balaban J connectivity index is 3.11. The van der Waals surface area contributed by atoms with Crippen LogP contribution in [0.15, 0.2) is 0 Å². The van der Waals surface area contributed by atoms with Gasteiger partial charge in [0.05, 0.1) is 0 Å². The summed E-state index contributed by atoms with van der Waals surface area (Å²) in [6.07, 6.45) is 0. The first-order valence-electron chi connectivity index (χ1n) is 7.46. The second-order valence-corrected chi connectivity index (χ2v) is 8.47. The van der Waals surface area contributed by atoms with Gasteiger partial charge in [-0.3, -0.25) is 0 Å². The number of hydrogen-bond acceptors (Lipinski definition) is 2. The molecule has 1 rings (SSSR count). The van der Waals surface area contributed by atoms with Crippen LogP contribution in [0.1, 0.15) is 69.2 Å². The molecule has 0 atom stereocenters. The summed E-state index contributed by atoms with van der Waals surface area (Å²) in [4.78, 5) is 0. The van der Waals surface area contributed by atoms with Gasteiger partial charge in [-0.25, -0.2) is 0 Å². The fourth-order valence-electron chi connectivity index (χ4n) is 3.38. The maximum Gasteiger partial charge on any atom is 0.293 e. The van der Waals surface area contributed by atoms with E-state index < -0.39 is 0 Å². The molecule has 0 amide bonds. The summed E-state index contributed by atoms with van der Waals surface area (Å²) in [6.45, 7) is 24.6. The Morgan fingerprint density at radius 3 is 0.944 bits per heavy atom. The molecule has 0 saturated carbocycles. The monoisotopic (exact) mass is 250 g/mol. The van der Waals surface area contributed by atoms with Crippen molar-refractivity contribution in [2.75, 3.05) is 0 Å². The molecule has 4 heteroatoms. The summed E-state index contributed by atoms with van der Waals surface area (Å²) in [5.74, 6) is 1.33. The van der Waals surface area contributed by atoms with Gasteiger partial charge in [-0.1, -0.05) is 27.7 Å². The first-order valence-corrected chi connectivity index (χ1v) is 7.46. The van der Waals surface area contributed by atoms with Gasteiger partial charge in [-0.2, -0.15) is 0 Å². The zero-order valence-corrected chi connectivity index (χ0v) is 14.2. The normalized spacial score (nSPS) is 20.0. The summed E-state index contributed by atoms with van der Waals surface area (Å²) < 4.78 is 5.43. The summed E-state index contributed by atoms with van der Waals surface area (Å²) in [5, 5.41) is 0. The zero-order valence-electron chi connectivity index (χ0n) is 14.2. The van der Waals surface area contributed by atoms with Crippen molar-refractivity contribution in [1.82, 2.24) is 9.44 Å². The van der Waals surface area contributed by atoms with Crippen molar-refractivity contribution in [2.45, 2.75) is 91.9 Å². The first kappa shape index (κ1) is 16.1. The fourth-order valence-corrected chi connectivity index (χ4v) is 3.38. The first-order chi connectivity index (χ1) is 7.89. The molecule has 1 aliphatic rings. The summed E-state index contributed by atoms with van der Waals surface area (Å²) >= 11 is 0. The van der Waals surface area contributed by atoms with Gasteiger partial charge >= 0.3 is 0 Å². The minimum absolute atomic E-state index is 0.242. The molecular weight excluding hydrogens is 218 g/mol. The number of hydrogen-bond donors (Lipinski definition) is 0. The van der Waals surface area contributed by atoms with Crippen LogP contribution in [0.4, 0.5) is 0 Å². The lowest BCUT2D eigenvalue weighted by atomic mass is 9.32. The van der Waals surface area contributed by atoms with Crippen LogP contribution in [0.25, 0.3) is 0 Å². The lowest BCUT2D eigenvalue weighted by molar-refractivity contribution is 0.208. The highest BCUT2D eigenvalue weighted by molar-refractivity contribution is 6.87. The van der Waals surface area contributed by atoms with Crippen LogP contribution >= 0.6 is 0 Å². The van der Waals surface area contributed by atoms with Crippen LogP contribution < -0.4 is 0 Å². The largest absolute Gasteiger partial charge is 0.352 e. The van der Waals surface area contributed by atoms with E-state index in [1.54, 1.807) is 0 Å². The van der Waals surface area contributed by atoms with Crippen LogP contribution in [0.3, 0.4) is 0 Å². The third-order valence-corrected chi connectivity index (χ3v) is 3.88. The minimum Gasteiger partial charge on any atom is -0.352 e. The van der Waals surface area contributed by atoms with Crippen LogP contribution in [-0.4, -0.2) is 34.5 Å². The molecule has 0 aromatic rings. The smallest absolute Gasteiger partial charge is 0.293 e. The van der Waals surface area contributed by atoms with E-state index in [-0.39, 0.29) is 11.1 Å². The SMILES string of the molecule is CC(C)B1N(C(C)(C)C)B(C(C)C)N1C(C)(C)C. The second kappa shape index (κ2) is 4.86. The molecule has 0 N–H and O–H groups in total. The van der Waals surface area contributed by atoms with Crippen molar-refractivity contribution in [3.05, 3.63) is 0 Å². The molecule has 0 spiro atoms. The molecule has 1 heterocycles. The van der Waals surface area contributed by atoms with Gasteiger partial charge in [0.1, 0.15) is 0 Å². The Kier molecular flexibility index (Phi) is 4.35. The number of nitrogens with zero attached hydrogens (tertiary/aromatic N) is 2. The van der Waals surface area contributed by atoms with Crippen LogP contribution in [0.2, 0.25) is 11.6 Å². The molecule has 104 valence electrons. The molecule has 2 nitrogen and oxygen atoms in total. The molecule has 0 bridgehead atoms. The highest BCUT2D eigenvalue weighted by Gasteiger charge is 2.60. The third kappa shape index (κ3) is 2.80. The van der Waals surface area contributed by atoms with E-state index >= 15 is 0 Å². The van der Waals surface area contributed by atoms with Crippen molar-refractivity contribution < 1.29 is 0 Å². The fraction of sp³-hybridized carbons (Fsp3) is 1.00. The Labute approximate surface area is 116 Å². The van der Waals surface area contributed by atoms with Gasteiger partial charge in [0.25, 0.3) is 14.0 Å². The van der Waals surface area contributed by atoms with E-state index in [2.05, 4.69) is 78.7 Å². The van der Waals surface area contributed by atoms with Crippen LogP contribution in [0, 0.1) is 0 Å². The lowest BCUT2D eigenvalue weighted by Crippen LogP contribution is -2.86. The highest BCUT2D eigenvalue weighted by Crippen LogP contribution is 2.43. The van der Waals surface area contributed by atoms with E-state index in [1.165, 1.54) is 0 Å². The Bertz CT molecular complexity index is 251. The van der Waals surface area contributed by atoms with Crippen molar-refractivity contribution in [1.29, 1.82) is 0 Å². The average molecular weight is 250 g/mol. The summed E-state index contributed by atoms with van der Waals surface area (Å²) in [5.41, 5.74) is 0.483. The lowest BCUT2D eigenvalue weighted by Gasteiger charge is -2.66. The van der Waals surface area contributed by atoms with E-state index in [0.29, 0.717) is 25.6 Å². The van der Waals surface area contributed by atoms with Gasteiger partial charge < -0.3 is 9.44 Å². The maximum absolute atomic E-state index is 2.72. The van der Waals surface area contributed by atoms with Crippen molar-refractivity contribution >= 4 is 14.0 Å². The van der Waals surface area contributed by atoms with Crippen molar-refractivity contribution in [2.24, 2.45) is 0 Å². The van der Waals surface area contributed by atoms with Gasteiger partial charge in [0, 0.05) is 0 Å². The number of rotatable bonds is 2. The average Bonchev–Trinajstić information content (AvgIpc) is 1.92. The molecular formula is C14H32B2N2. The topological polar surface area (TPSA) is 6.48 Å². The van der Waals surface area contributed by atoms with E-state index in [1.807, 2.05) is 0 Å². The molecule has 0 radical (unpaired) electrons.